The van der Waals surface area contributed by atoms with Gasteiger partial charge in [0.1, 0.15) is 0 Å². The predicted octanol–water partition coefficient (Wildman–Crippen LogP) is 2.08. The Hall–Kier alpha value is -1.14. The van der Waals surface area contributed by atoms with E-state index < -0.39 is 5.82 Å². The summed E-state index contributed by atoms with van der Waals surface area (Å²) in [6.07, 6.45) is 0. The largest absolute Gasteiger partial charge is 0.481 e. The maximum Gasteiger partial charge on any atom is 0.257 e. The Balaban J connectivity index is 2.33. The Morgan fingerprint density at radius 2 is 2.26 bits per heavy atom. The lowest BCUT2D eigenvalue weighted by Crippen LogP contribution is -2.40. The molecule has 0 aliphatic rings. The number of ether oxygens (including phenoxy) is 1. The summed E-state index contributed by atoms with van der Waals surface area (Å²) < 4.78 is 19.2. The molecule has 1 aromatic rings. The zero-order chi connectivity index (χ0) is 14.3. The van der Waals surface area contributed by atoms with Gasteiger partial charge in [-0.05, 0) is 31.7 Å². The highest BCUT2D eigenvalue weighted by Gasteiger charge is 2.08. The van der Waals surface area contributed by atoms with Crippen LogP contribution in [0.15, 0.2) is 22.7 Å². The van der Waals surface area contributed by atoms with E-state index in [-0.39, 0.29) is 24.3 Å². The zero-order valence-corrected chi connectivity index (χ0v) is 12.6. The van der Waals surface area contributed by atoms with Crippen LogP contribution in [0.25, 0.3) is 0 Å². The summed E-state index contributed by atoms with van der Waals surface area (Å²) in [7, 11) is 0. The van der Waals surface area contributed by atoms with Gasteiger partial charge in [-0.1, -0.05) is 22.9 Å². The van der Waals surface area contributed by atoms with E-state index in [1.807, 2.05) is 13.8 Å². The number of hydrogen-bond donors (Lipinski definition) is 2. The molecule has 0 spiro atoms. The van der Waals surface area contributed by atoms with Crippen LogP contribution in [0.4, 0.5) is 4.39 Å². The molecule has 0 radical (unpaired) electrons. The van der Waals surface area contributed by atoms with Gasteiger partial charge in [0.25, 0.3) is 5.91 Å². The molecule has 0 saturated carbocycles. The smallest absolute Gasteiger partial charge is 0.257 e. The first-order valence-corrected chi connectivity index (χ1v) is 6.90. The van der Waals surface area contributed by atoms with Crippen molar-refractivity contribution in [2.75, 3.05) is 19.7 Å². The summed E-state index contributed by atoms with van der Waals surface area (Å²) in [6, 6.07) is 4.62. The van der Waals surface area contributed by atoms with Crippen molar-refractivity contribution >= 4 is 21.8 Å². The summed E-state index contributed by atoms with van der Waals surface area (Å²) in [5.74, 6) is -0.701. The highest BCUT2D eigenvalue weighted by Crippen LogP contribution is 2.21. The predicted molar refractivity (Wildman–Crippen MR) is 75.7 cm³/mol. The van der Waals surface area contributed by atoms with Gasteiger partial charge >= 0.3 is 0 Å². The molecule has 0 unspecified atom stereocenters. The molecular formula is C13H18BrFN2O2. The minimum absolute atomic E-state index is 0.0677. The molecule has 1 aromatic carbocycles. The molecule has 1 amide bonds. The Labute approximate surface area is 120 Å². The first-order valence-electron chi connectivity index (χ1n) is 6.10. The van der Waals surface area contributed by atoms with E-state index in [2.05, 4.69) is 26.6 Å². The van der Waals surface area contributed by atoms with E-state index in [4.69, 9.17) is 4.74 Å². The van der Waals surface area contributed by atoms with E-state index in [0.717, 1.165) is 6.54 Å². The van der Waals surface area contributed by atoms with Gasteiger partial charge in [-0.25, -0.2) is 4.39 Å². The average Bonchev–Trinajstić information content (AvgIpc) is 2.35. The lowest BCUT2D eigenvalue weighted by atomic mass is 10.3. The van der Waals surface area contributed by atoms with E-state index in [0.29, 0.717) is 11.0 Å². The van der Waals surface area contributed by atoms with Crippen molar-refractivity contribution in [3.05, 3.63) is 28.5 Å². The lowest BCUT2D eigenvalue weighted by Gasteiger charge is -2.13. The molecule has 0 heterocycles. The van der Waals surface area contributed by atoms with Gasteiger partial charge in [0.05, 0.1) is 0 Å². The van der Waals surface area contributed by atoms with Crippen LogP contribution in [0.3, 0.4) is 0 Å². The van der Waals surface area contributed by atoms with Gasteiger partial charge in [0, 0.05) is 17.1 Å². The molecule has 1 rings (SSSR count). The Morgan fingerprint density at radius 3 is 2.89 bits per heavy atom. The summed E-state index contributed by atoms with van der Waals surface area (Å²) in [5.41, 5.74) is 0. The van der Waals surface area contributed by atoms with Gasteiger partial charge in [-0.3, -0.25) is 4.79 Å². The van der Waals surface area contributed by atoms with Gasteiger partial charge < -0.3 is 15.4 Å². The topological polar surface area (TPSA) is 50.4 Å². The van der Waals surface area contributed by atoms with E-state index in [1.54, 1.807) is 6.07 Å². The second-order valence-electron chi connectivity index (χ2n) is 4.13. The fourth-order valence-corrected chi connectivity index (χ4v) is 1.81. The molecule has 0 bridgehead atoms. The quantitative estimate of drug-likeness (QED) is 0.803. The van der Waals surface area contributed by atoms with E-state index in [1.165, 1.54) is 12.1 Å². The standard InChI is InChI=1S/C13H18BrFN2O2/c1-3-16-9(2)7-17-13(18)8-19-12-5-4-10(14)6-11(12)15/h4-6,9,16H,3,7-8H2,1-2H3,(H,17,18)/t9-/m1/s1. The molecular weight excluding hydrogens is 315 g/mol. The normalized spacial score (nSPS) is 12.0. The fraction of sp³-hybridized carbons (Fsp3) is 0.462. The van der Waals surface area contributed by atoms with Crippen LogP contribution < -0.4 is 15.4 Å². The highest BCUT2D eigenvalue weighted by atomic mass is 79.9. The van der Waals surface area contributed by atoms with Crippen molar-refractivity contribution < 1.29 is 13.9 Å². The summed E-state index contributed by atoms with van der Waals surface area (Å²) in [4.78, 5) is 11.5. The molecule has 106 valence electrons. The molecule has 19 heavy (non-hydrogen) atoms. The molecule has 0 aliphatic carbocycles. The fourth-order valence-electron chi connectivity index (χ4n) is 1.47. The van der Waals surface area contributed by atoms with Gasteiger partial charge in [-0.2, -0.15) is 0 Å². The van der Waals surface area contributed by atoms with Crippen molar-refractivity contribution in [1.29, 1.82) is 0 Å². The van der Waals surface area contributed by atoms with Crippen LogP contribution in [-0.4, -0.2) is 31.6 Å². The maximum atomic E-state index is 13.4. The molecule has 2 N–H and O–H groups in total. The van der Waals surface area contributed by atoms with Crippen molar-refractivity contribution in [2.45, 2.75) is 19.9 Å². The minimum atomic E-state index is -0.497. The third-order valence-corrected chi connectivity index (χ3v) is 2.90. The SMILES string of the molecule is CCN[C@H](C)CNC(=O)COc1ccc(Br)cc1F. The van der Waals surface area contributed by atoms with E-state index >= 15 is 0 Å². The van der Waals surface area contributed by atoms with Crippen LogP contribution in [-0.2, 0) is 4.79 Å². The van der Waals surface area contributed by atoms with Crippen LogP contribution in [0.1, 0.15) is 13.8 Å². The third kappa shape index (κ3) is 6.02. The first-order chi connectivity index (χ1) is 9.02. The second kappa shape index (κ2) is 8.12. The van der Waals surface area contributed by atoms with Gasteiger partial charge in [-0.15, -0.1) is 0 Å². The van der Waals surface area contributed by atoms with Crippen molar-refractivity contribution in [3.63, 3.8) is 0 Å². The Morgan fingerprint density at radius 1 is 1.53 bits per heavy atom. The number of halogens is 2. The summed E-state index contributed by atoms with van der Waals surface area (Å²) in [6.45, 7) is 5.13. The maximum absolute atomic E-state index is 13.4. The third-order valence-electron chi connectivity index (χ3n) is 2.41. The van der Waals surface area contributed by atoms with Gasteiger partial charge in [0.2, 0.25) is 0 Å². The molecule has 4 nitrogen and oxygen atoms in total. The van der Waals surface area contributed by atoms with Crippen molar-refractivity contribution in [3.8, 4) is 5.75 Å². The summed E-state index contributed by atoms with van der Waals surface area (Å²) >= 11 is 3.15. The van der Waals surface area contributed by atoms with Gasteiger partial charge in [0.15, 0.2) is 18.2 Å². The average molecular weight is 333 g/mol. The van der Waals surface area contributed by atoms with Crippen LogP contribution >= 0.6 is 15.9 Å². The monoisotopic (exact) mass is 332 g/mol. The van der Waals surface area contributed by atoms with Crippen LogP contribution in [0, 0.1) is 5.82 Å². The number of likely N-dealkylation sites (N-methyl/N-ethyl adjacent to an activating group) is 1. The van der Waals surface area contributed by atoms with E-state index in [9.17, 15) is 9.18 Å². The van der Waals surface area contributed by atoms with Crippen LogP contribution in [0.5, 0.6) is 5.75 Å². The molecule has 0 saturated heterocycles. The number of carbonyl (C=O) groups excluding carboxylic acids is 1. The minimum Gasteiger partial charge on any atom is -0.481 e. The van der Waals surface area contributed by atoms with Crippen molar-refractivity contribution in [1.82, 2.24) is 10.6 Å². The second-order valence-corrected chi connectivity index (χ2v) is 5.04. The number of benzene rings is 1. The first kappa shape index (κ1) is 15.9. The summed E-state index contributed by atoms with van der Waals surface area (Å²) in [5, 5.41) is 5.88. The molecule has 1 atom stereocenters. The number of hydrogen-bond acceptors (Lipinski definition) is 3. The number of carbonyl (C=O) groups is 1. The molecule has 0 aliphatic heterocycles. The Bertz CT molecular complexity index is 429. The lowest BCUT2D eigenvalue weighted by molar-refractivity contribution is -0.123. The number of amides is 1. The molecule has 0 fully saturated rings. The number of nitrogens with one attached hydrogen (secondary N) is 2. The molecule has 6 heteroatoms. The number of rotatable bonds is 7. The zero-order valence-electron chi connectivity index (χ0n) is 11.0. The molecule has 0 aromatic heterocycles. The Kier molecular flexibility index (Phi) is 6.80. The highest BCUT2D eigenvalue weighted by molar-refractivity contribution is 9.10. The van der Waals surface area contributed by atoms with Crippen LogP contribution in [0.2, 0.25) is 0 Å². The van der Waals surface area contributed by atoms with Crippen molar-refractivity contribution in [2.24, 2.45) is 0 Å².